The molecule has 3 N–H and O–H groups in total. The first-order valence-electron chi connectivity index (χ1n) is 14.0. The number of unbranched alkanes of at least 4 members (excludes halogenated alkanes) is 2. The summed E-state index contributed by atoms with van der Waals surface area (Å²) in [5.74, 6) is 0.696. The molecule has 0 bridgehead atoms. The van der Waals surface area contributed by atoms with Crippen LogP contribution in [0, 0.1) is 0 Å². The number of hydrogen-bond donors (Lipinski definition) is 3. The number of nitrogens with zero attached hydrogens (tertiary/aromatic N) is 3. The van der Waals surface area contributed by atoms with E-state index in [0.29, 0.717) is 31.7 Å². The molecule has 4 rings (SSSR count). The van der Waals surface area contributed by atoms with Gasteiger partial charge in [-0.2, -0.15) is 0 Å². The van der Waals surface area contributed by atoms with Crippen LogP contribution < -0.4 is 10.6 Å². The van der Waals surface area contributed by atoms with Crippen LogP contribution in [0.3, 0.4) is 0 Å². The van der Waals surface area contributed by atoms with Crippen molar-refractivity contribution in [3.63, 3.8) is 0 Å². The summed E-state index contributed by atoms with van der Waals surface area (Å²) in [5, 5.41) is 24.1. The lowest BCUT2D eigenvalue weighted by molar-refractivity contribution is -0.245. The predicted octanol–water partition coefficient (Wildman–Crippen LogP) is 3.96. The van der Waals surface area contributed by atoms with Crippen molar-refractivity contribution in [3.05, 3.63) is 77.1 Å². The highest BCUT2D eigenvalue weighted by Gasteiger charge is 2.32. The van der Waals surface area contributed by atoms with Crippen LogP contribution in [0.25, 0.3) is 0 Å². The molecule has 0 spiro atoms. The molecule has 41 heavy (non-hydrogen) atoms. The number of aliphatic hydroxyl groups is 1. The van der Waals surface area contributed by atoms with E-state index in [-0.39, 0.29) is 30.6 Å². The Morgan fingerprint density at radius 3 is 2.41 bits per heavy atom. The standard InChI is InChI=1S/C30H39N5O5S/c1-21(37)31-15-5-3-4-6-28(38)32-17-22-7-13-25(14-8-22)29-39-26(19-41-30-34-33-20-35(30)2)16-27(40-29)24-11-9-23(18-36)10-12-24/h7-14,20,26-27,29,36H,3-6,15-19H2,1-2H3,(H,31,37)(H,32,38). The maximum Gasteiger partial charge on any atom is 0.220 e. The monoisotopic (exact) mass is 581 g/mol. The summed E-state index contributed by atoms with van der Waals surface area (Å²) in [6.07, 6.45) is 4.62. The molecule has 0 radical (unpaired) electrons. The SMILES string of the molecule is CC(=O)NCCCCCC(=O)NCc1ccc(C2OC(CSc3nncn3C)CC(c3ccc(CO)cc3)O2)cc1. The van der Waals surface area contributed by atoms with Crippen molar-refractivity contribution in [3.8, 4) is 0 Å². The summed E-state index contributed by atoms with van der Waals surface area (Å²) in [6, 6.07) is 15.8. The molecule has 0 aliphatic carbocycles. The summed E-state index contributed by atoms with van der Waals surface area (Å²) in [5.41, 5.74) is 3.80. The van der Waals surface area contributed by atoms with Gasteiger partial charge < -0.3 is 29.8 Å². The zero-order chi connectivity index (χ0) is 29.0. The van der Waals surface area contributed by atoms with E-state index in [9.17, 15) is 14.7 Å². The Morgan fingerprint density at radius 2 is 1.73 bits per heavy atom. The molecule has 1 aliphatic heterocycles. The molecule has 3 aromatic rings. The van der Waals surface area contributed by atoms with Crippen molar-refractivity contribution in [1.82, 2.24) is 25.4 Å². The van der Waals surface area contributed by atoms with E-state index < -0.39 is 6.29 Å². The number of hydrogen-bond acceptors (Lipinski definition) is 8. The van der Waals surface area contributed by atoms with E-state index in [1.807, 2.05) is 60.1 Å². The fraction of sp³-hybridized carbons (Fsp3) is 0.467. The molecule has 1 saturated heterocycles. The van der Waals surface area contributed by atoms with Gasteiger partial charge in [-0.15, -0.1) is 10.2 Å². The number of carbonyl (C=O) groups is 2. The number of thioether (sulfide) groups is 1. The molecule has 0 saturated carbocycles. The fourth-order valence-corrected chi connectivity index (χ4v) is 5.43. The van der Waals surface area contributed by atoms with Crippen LogP contribution in [-0.2, 0) is 39.3 Å². The van der Waals surface area contributed by atoms with Crippen LogP contribution >= 0.6 is 11.8 Å². The van der Waals surface area contributed by atoms with E-state index in [1.165, 1.54) is 6.92 Å². The minimum Gasteiger partial charge on any atom is -0.392 e. The molecule has 2 aromatic carbocycles. The lowest BCUT2D eigenvalue weighted by atomic mass is 10.0. The van der Waals surface area contributed by atoms with Crippen LogP contribution in [0.2, 0.25) is 0 Å². The molecule has 1 aromatic heterocycles. The smallest absolute Gasteiger partial charge is 0.220 e. The number of nitrogens with one attached hydrogen (secondary N) is 2. The summed E-state index contributed by atoms with van der Waals surface area (Å²) in [7, 11) is 1.92. The third-order valence-electron chi connectivity index (χ3n) is 6.88. The largest absolute Gasteiger partial charge is 0.392 e. The van der Waals surface area contributed by atoms with E-state index >= 15 is 0 Å². The molecule has 11 heteroatoms. The lowest BCUT2D eigenvalue weighted by Gasteiger charge is -2.36. The summed E-state index contributed by atoms with van der Waals surface area (Å²) in [6.45, 7) is 2.61. The van der Waals surface area contributed by atoms with Gasteiger partial charge in [-0.25, -0.2) is 0 Å². The van der Waals surface area contributed by atoms with Gasteiger partial charge in [0.2, 0.25) is 11.8 Å². The number of benzene rings is 2. The average Bonchev–Trinajstić information content (AvgIpc) is 3.41. The number of carbonyl (C=O) groups excluding carboxylic acids is 2. The zero-order valence-corrected chi connectivity index (χ0v) is 24.4. The van der Waals surface area contributed by atoms with Crippen molar-refractivity contribution in [1.29, 1.82) is 0 Å². The highest BCUT2D eigenvalue weighted by Crippen LogP contribution is 2.39. The first kappa shape index (κ1) is 30.7. The van der Waals surface area contributed by atoms with Gasteiger partial charge in [0.25, 0.3) is 0 Å². The van der Waals surface area contributed by atoms with E-state index in [4.69, 9.17) is 9.47 Å². The minimum atomic E-state index is -0.544. The van der Waals surface area contributed by atoms with Crippen molar-refractivity contribution in [2.45, 2.75) is 75.8 Å². The quantitative estimate of drug-likeness (QED) is 0.193. The van der Waals surface area contributed by atoms with Gasteiger partial charge in [0, 0.05) is 51.2 Å². The Hall–Kier alpha value is -3.25. The van der Waals surface area contributed by atoms with Gasteiger partial charge in [-0.3, -0.25) is 9.59 Å². The van der Waals surface area contributed by atoms with Crippen molar-refractivity contribution in [2.75, 3.05) is 12.3 Å². The van der Waals surface area contributed by atoms with Crippen LogP contribution in [-0.4, -0.2) is 50.1 Å². The Kier molecular flexibility index (Phi) is 11.7. The Balaban J connectivity index is 1.32. The summed E-state index contributed by atoms with van der Waals surface area (Å²) < 4.78 is 14.7. The lowest BCUT2D eigenvalue weighted by Crippen LogP contribution is -2.31. The molecule has 220 valence electrons. The third-order valence-corrected chi connectivity index (χ3v) is 8.05. The highest BCUT2D eigenvalue weighted by molar-refractivity contribution is 7.99. The molecule has 2 amide bonds. The van der Waals surface area contributed by atoms with Crippen LogP contribution in [0.15, 0.2) is 60.0 Å². The van der Waals surface area contributed by atoms with Gasteiger partial charge in [-0.05, 0) is 29.5 Å². The number of amides is 2. The molecule has 10 nitrogen and oxygen atoms in total. The molecule has 2 heterocycles. The molecule has 3 unspecified atom stereocenters. The number of ether oxygens (including phenoxy) is 2. The zero-order valence-electron chi connectivity index (χ0n) is 23.6. The van der Waals surface area contributed by atoms with Crippen LogP contribution in [0.1, 0.15) is 73.7 Å². The fourth-order valence-electron chi connectivity index (χ4n) is 4.53. The Morgan fingerprint density at radius 1 is 1.00 bits per heavy atom. The Labute approximate surface area is 245 Å². The molecule has 3 atom stereocenters. The third kappa shape index (κ3) is 9.67. The second-order valence-electron chi connectivity index (χ2n) is 10.2. The number of aryl methyl sites for hydroxylation is 1. The van der Waals surface area contributed by atoms with Gasteiger partial charge in [0.05, 0.1) is 18.8 Å². The maximum absolute atomic E-state index is 12.2. The van der Waals surface area contributed by atoms with Crippen LogP contribution in [0.4, 0.5) is 0 Å². The van der Waals surface area contributed by atoms with Gasteiger partial charge in [-0.1, -0.05) is 66.7 Å². The van der Waals surface area contributed by atoms with Crippen molar-refractivity contribution in [2.24, 2.45) is 7.05 Å². The summed E-state index contributed by atoms with van der Waals surface area (Å²) in [4.78, 5) is 23.1. The molecule has 1 aliphatic rings. The molecule has 1 fully saturated rings. The van der Waals surface area contributed by atoms with Crippen LogP contribution in [0.5, 0.6) is 0 Å². The van der Waals surface area contributed by atoms with Gasteiger partial charge in [0.15, 0.2) is 11.4 Å². The number of rotatable bonds is 14. The van der Waals surface area contributed by atoms with E-state index in [2.05, 4.69) is 20.8 Å². The Bertz CT molecular complexity index is 1250. The normalized spacial score (nSPS) is 18.7. The van der Waals surface area contributed by atoms with Crippen molar-refractivity contribution < 1.29 is 24.2 Å². The number of aliphatic hydroxyl groups excluding tert-OH is 1. The van der Waals surface area contributed by atoms with Gasteiger partial charge >= 0.3 is 0 Å². The first-order chi connectivity index (χ1) is 19.9. The average molecular weight is 582 g/mol. The first-order valence-corrected chi connectivity index (χ1v) is 15.0. The predicted molar refractivity (Wildman–Crippen MR) is 156 cm³/mol. The topological polar surface area (TPSA) is 128 Å². The van der Waals surface area contributed by atoms with Crippen molar-refractivity contribution >= 4 is 23.6 Å². The molecular weight excluding hydrogens is 542 g/mol. The highest BCUT2D eigenvalue weighted by atomic mass is 32.2. The van der Waals surface area contributed by atoms with Gasteiger partial charge in [0.1, 0.15) is 6.33 Å². The van der Waals surface area contributed by atoms with E-state index in [0.717, 1.165) is 46.7 Å². The van der Waals surface area contributed by atoms with E-state index in [1.54, 1.807) is 18.1 Å². The number of aromatic nitrogens is 3. The second kappa shape index (κ2) is 15.7. The molecular formula is C30H39N5O5S. The summed E-state index contributed by atoms with van der Waals surface area (Å²) >= 11 is 1.60. The maximum atomic E-state index is 12.2. The minimum absolute atomic E-state index is 0.00123. The second-order valence-corrected chi connectivity index (χ2v) is 11.2.